The van der Waals surface area contributed by atoms with E-state index < -0.39 is 17.9 Å². The quantitative estimate of drug-likeness (QED) is 0.512. The van der Waals surface area contributed by atoms with Gasteiger partial charge in [0, 0.05) is 54.5 Å². The van der Waals surface area contributed by atoms with E-state index in [1.165, 1.54) is 17.9 Å². The Balaban J connectivity index is 1.47. The van der Waals surface area contributed by atoms with E-state index in [2.05, 4.69) is 15.3 Å². The van der Waals surface area contributed by atoms with Crippen molar-refractivity contribution in [2.75, 3.05) is 33.4 Å². The van der Waals surface area contributed by atoms with Crippen molar-refractivity contribution in [3.63, 3.8) is 0 Å². The first-order valence-electron chi connectivity index (χ1n) is 12.2. The van der Waals surface area contributed by atoms with Crippen LogP contribution in [0.5, 0.6) is 5.88 Å². The van der Waals surface area contributed by atoms with Gasteiger partial charge in [-0.25, -0.2) is 4.98 Å². The van der Waals surface area contributed by atoms with Gasteiger partial charge in [-0.3, -0.25) is 4.79 Å². The largest absolute Gasteiger partial charge is 0.472 e. The number of alkyl halides is 3. The maximum Gasteiger partial charge on any atom is 0.451 e. The second-order valence-electron chi connectivity index (χ2n) is 9.37. The number of hydrogen-bond donors (Lipinski definition) is 1. The Morgan fingerprint density at radius 3 is 2.47 bits per heavy atom. The van der Waals surface area contributed by atoms with Crippen molar-refractivity contribution >= 4 is 29.1 Å². The highest BCUT2D eigenvalue weighted by Gasteiger charge is 2.38. The Bertz CT molecular complexity index is 1130. The molecule has 1 aromatic carbocycles. The van der Waals surface area contributed by atoms with E-state index in [9.17, 15) is 18.0 Å². The standard InChI is InChI=1S/C25H29Cl2F3N4O4/c1-14-21(23(35)34-6-3-18(4-7-34)31-19-5-8-37-13-20(19)36-2)32-24(25(28,29)30)33-22(14)38-12-15-9-16(26)11-17(27)10-15/h9-11,18-20,31H,3-8,12-13H2,1-2H3. The molecule has 13 heteroatoms. The van der Waals surface area contributed by atoms with Crippen molar-refractivity contribution in [1.82, 2.24) is 20.2 Å². The van der Waals surface area contributed by atoms with E-state index >= 15 is 0 Å². The first kappa shape index (κ1) is 28.8. The van der Waals surface area contributed by atoms with Gasteiger partial charge < -0.3 is 24.4 Å². The zero-order chi connectivity index (χ0) is 27.4. The van der Waals surface area contributed by atoms with E-state index in [0.717, 1.165) is 6.42 Å². The molecule has 4 rings (SSSR count). The summed E-state index contributed by atoms with van der Waals surface area (Å²) in [5.41, 5.74) is 0.333. The zero-order valence-electron chi connectivity index (χ0n) is 21.0. The van der Waals surface area contributed by atoms with E-state index in [1.54, 1.807) is 19.2 Å². The van der Waals surface area contributed by atoms with Crippen LogP contribution in [0.25, 0.3) is 0 Å². The third-order valence-electron chi connectivity index (χ3n) is 6.69. The van der Waals surface area contributed by atoms with Gasteiger partial charge in [0.1, 0.15) is 12.3 Å². The molecule has 2 aliphatic rings. The molecule has 1 N–H and O–H groups in total. The molecule has 208 valence electrons. The summed E-state index contributed by atoms with van der Waals surface area (Å²) in [6.45, 7) is 3.25. The Labute approximate surface area is 228 Å². The molecule has 8 nitrogen and oxygen atoms in total. The van der Waals surface area contributed by atoms with Crippen molar-refractivity contribution in [2.24, 2.45) is 0 Å². The highest BCUT2D eigenvalue weighted by atomic mass is 35.5. The van der Waals surface area contributed by atoms with Crippen LogP contribution in [0, 0.1) is 6.92 Å². The van der Waals surface area contributed by atoms with Gasteiger partial charge in [0.2, 0.25) is 11.7 Å². The van der Waals surface area contributed by atoms with Crippen LogP contribution in [0.1, 0.15) is 46.7 Å². The second-order valence-corrected chi connectivity index (χ2v) is 10.2. The molecule has 38 heavy (non-hydrogen) atoms. The summed E-state index contributed by atoms with van der Waals surface area (Å²) >= 11 is 12.0. The number of nitrogens with zero attached hydrogens (tertiary/aromatic N) is 3. The number of rotatable bonds is 7. The van der Waals surface area contributed by atoms with Gasteiger partial charge in [-0.15, -0.1) is 0 Å². The molecule has 2 aliphatic heterocycles. The lowest BCUT2D eigenvalue weighted by molar-refractivity contribution is -0.145. The molecule has 0 bridgehead atoms. The number of likely N-dealkylation sites (tertiary alicyclic amines) is 1. The van der Waals surface area contributed by atoms with Gasteiger partial charge in [0.25, 0.3) is 5.91 Å². The van der Waals surface area contributed by atoms with Crippen molar-refractivity contribution in [3.05, 3.63) is 50.9 Å². The minimum atomic E-state index is -4.86. The van der Waals surface area contributed by atoms with Crippen molar-refractivity contribution in [2.45, 2.75) is 57.2 Å². The topological polar surface area (TPSA) is 85.8 Å². The van der Waals surface area contributed by atoms with Crippen molar-refractivity contribution < 1.29 is 32.2 Å². The lowest BCUT2D eigenvalue weighted by atomic mass is 9.99. The predicted molar refractivity (Wildman–Crippen MR) is 135 cm³/mol. The molecule has 2 atom stereocenters. The highest BCUT2D eigenvalue weighted by molar-refractivity contribution is 6.34. The lowest BCUT2D eigenvalue weighted by Gasteiger charge is -2.38. The molecular formula is C25H29Cl2F3N4O4. The molecule has 0 aliphatic carbocycles. The summed E-state index contributed by atoms with van der Waals surface area (Å²) in [7, 11) is 1.65. The van der Waals surface area contributed by atoms with Gasteiger partial charge in [-0.05, 0) is 49.9 Å². The summed E-state index contributed by atoms with van der Waals surface area (Å²) < 4.78 is 57.4. The number of carbonyl (C=O) groups excluding carboxylic acids is 1. The minimum Gasteiger partial charge on any atom is -0.472 e. The van der Waals surface area contributed by atoms with Crippen LogP contribution >= 0.6 is 23.2 Å². The normalized spacial score (nSPS) is 21.0. The number of halogens is 5. The number of nitrogens with one attached hydrogen (secondary N) is 1. The average molecular weight is 577 g/mol. The molecule has 0 saturated carbocycles. The van der Waals surface area contributed by atoms with Gasteiger partial charge in [0.05, 0.1) is 12.7 Å². The number of carbonyl (C=O) groups is 1. The Morgan fingerprint density at radius 1 is 1.16 bits per heavy atom. The zero-order valence-corrected chi connectivity index (χ0v) is 22.5. The first-order chi connectivity index (χ1) is 18.0. The molecule has 0 spiro atoms. The fourth-order valence-electron chi connectivity index (χ4n) is 4.65. The molecule has 1 amide bonds. The van der Waals surface area contributed by atoms with E-state index in [4.69, 9.17) is 37.4 Å². The van der Waals surface area contributed by atoms with Gasteiger partial charge >= 0.3 is 6.18 Å². The molecule has 2 unspecified atom stereocenters. The molecule has 2 fully saturated rings. The average Bonchev–Trinajstić information content (AvgIpc) is 2.87. The van der Waals surface area contributed by atoms with Crippen LogP contribution in [-0.4, -0.2) is 72.4 Å². The third-order valence-corrected chi connectivity index (χ3v) is 7.13. The maximum atomic E-state index is 13.6. The molecule has 1 aromatic heterocycles. The number of methoxy groups -OCH3 is 1. The van der Waals surface area contributed by atoms with Gasteiger partial charge in [-0.2, -0.15) is 18.2 Å². The molecule has 0 radical (unpaired) electrons. The first-order valence-corrected chi connectivity index (χ1v) is 13.0. The van der Waals surface area contributed by atoms with Crippen LogP contribution in [0.2, 0.25) is 10.0 Å². The summed E-state index contributed by atoms with van der Waals surface area (Å²) in [5.74, 6) is -2.36. The van der Waals surface area contributed by atoms with E-state index in [-0.39, 0.29) is 41.9 Å². The van der Waals surface area contributed by atoms with Crippen molar-refractivity contribution in [3.8, 4) is 5.88 Å². The monoisotopic (exact) mass is 576 g/mol. The van der Waals surface area contributed by atoms with Crippen LogP contribution in [0.4, 0.5) is 13.2 Å². The molecule has 2 saturated heterocycles. The van der Waals surface area contributed by atoms with Gasteiger partial charge in [-0.1, -0.05) is 23.2 Å². The van der Waals surface area contributed by atoms with Crippen molar-refractivity contribution in [1.29, 1.82) is 0 Å². The van der Waals surface area contributed by atoms with Crippen LogP contribution in [0.15, 0.2) is 18.2 Å². The fourth-order valence-corrected chi connectivity index (χ4v) is 5.23. The molecule has 3 heterocycles. The van der Waals surface area contributed by atoms with Gasteiger partial charge in [0.15, 0.2) is 0 Å². The van der Waals surface area contributed by atoms with E-state index in [1.807, 2.05) is 0 Å². The fraction of sp³-hybridized carbons (Fsp3) is 0.560. The number of benzene rings is 1. The lowest BCUT2D eigenvalue weighted by Crippen LogP contribution is -2.54. The summed E-state index contributed by atoms with van der Waals surface area (Å²) in [4.78, 5) is 22.0. The number of hydrogen-bond acceptors (Lipinski definition) is 7. The summed E-state index contributed by atoms with van der Waals surface area (Å²) in [6, 6.07) is 4.98. The van der Waals surface area contributed by atoms with E-state index in [0.29, 0.717) is 54.8 Å². The Morgan fingerprint density at radius 2 is 1.84 bits per heavy atom. The summed E-state index contributed by atoms with van der Waals surface area (Å²) in [6.07, 6.45) is -2.79. The predicted octanol–water partition coefficient (Wildman–Crippen LogP) is 4.69. The number of ether oxygens (including phenoxy) is 3. The number of piperidine rings is 1. The SMILES string of the molecule is COC1COCCC1NC1CCN(C(=O)c2nc(C(F)(F)F)nc(OCc3cc(Cl)cc(Cl)c3)c2C)CC1. The van der Waals surface area contributed by atoms with Crippen LogP contribution in [0.3, 0.4) is 0 Å². The van der Waals surface area contributed by atoms with Crippen LogP contribution in [-0.2, 0) is 22.3 Å². The Hall–Kier alpha value is -2.18. The molecule has 2 aromatic rings. The number of aromatic nitrogens is 2. The minimum absolute atomic E-state index is 0.0470. The second kappa shape index (κ2) is 12.3. The summed E-state index contributed by atoms with van der Waals surface area (Å²) in [5, 5.41) is 4.30. The van der Waals surface area contributed by atoms with Crippen LogP contribution < -0.4 is 10.1 Å². The highest BCUT2D eigenvalue weighted by Crippen LogP contribution is 2.31. The number of amides is 1. The smallest absolute Gasteiger partial charge is 0.451 e. The third kappa shape index (κ3) is 7.06. The maximum absolute atomic E-state index is 13.6. The molecular weight excluding hydrogens is 548 g/mol. The Kier molecular flexibility index (Phi) is 9.36.